The largest absolute Gasteiger partial charge is 0.465 e. The molecule has 0 spiro atoms. The summed E-state index contributed by atoms with van der Waals surface area (Å²) in [7, 11) is 0. The summed E-state index contributed by atoms with van der Waals surface area (Å²) in [5, 5.41) is 5.04. The van der Waals surface area contributed by atoms with Gasteiger partial charge in [-0.05, 0) is 24.6 Å². The lowest BCUT2D eigenvalue weighted by Gasteiger charge is -2.17. The van der Waals surface area contributed by atoms with Crippen molar-refractivity contribution in [1.82, 2.24) is 10.6 Å². The second kappa shape index (κ2) is 8.19. The lowest BCUT2D eigenvalue weighted by Crippen LogP contribution is -2.48. The Morgan fingerprint density at radius 1 is 1.25 bits per heavy atom. The quantitative estimate of drug-likeness (QED) is 0.687. The molecule has 1 aliphatic heterocycles. The number of benzene rings is 1. The first-order chi connectivity index (χ1) is 11.5. The van der Waals surface area contributed by atoms with Crippen molar-refractivity contribution in [3.05, 3.63) is 23.8 Å². The number of rotatable bonds is 7. The number of carbonyl (C=O) groups is 3. The van der Waals surface area contributed by atoms with Crippen molar-refractivity contribution in [3.8, 4) is 11.5 Å². The van der Waals surface area contributed by atoms with Crippen LogP contribution in [0.2, 0.25) is 0 Å². The minimum absolute atomic E-state index is 0.161. The maximum absolute atomic E-state index is 12.2. The van der Waals surface area contributed by atoms with Gasteiger partial charge in [-0.3, -0.25) is 14.4 Å². The molecule has 0 radical (unpaired) electrons. The first-order valence-corrected chi connectivity index (χ1v) is 7.58. The number of hydrogen-bond acceptors (Lipinski definition) is 6. The molecule has 1 unspecified atom stereocenters. The van der Waals surface area contributed by atoms with Crippen LogP contribution in [0.3, 0.4) is 0 Å². The van der Waals surface area contributed by atoms with Gasteiger partial charge in [0.05, 0.1) is 6.61 Å². The molecule has 0 aromatic heterocycles. The van der Waals surface area contributed by atoms with Crippen molar-refractivity contribution in [3.63, 3.8) is 0 Å². The van der Waals surface area contributed by atoms with E-state index in [0.717, 1.165) is 5.56 Å². The number of carbonyl (C=O) groups excluding carboxylic acids is 3. The third kappa shape index (κ3) is 4.87. The van der Waals surface area contributed by atoms with Gasteiger partial charge < -0.3 is 24.8 Å². The fraction of sp³-hybridized carbons (Fsp3) is 0.438. The summed E-state index contributed by atoms with van der Waals surface area (Å²) >= 11 is 0. The molecule has 0 bridgehead atoms. The molecule has 1 atom stereocenters. The van der Waals surface area contributed by atoms with Crippen LogP contribution in [0.25, 0.3) is 0 Å². The van der Waals surface area contributed by atoms with Crippen molar-refractivity contribution in [2.24, 2.45) is 0 Å². The molecule has 8 nitrogen and oxygen atoms in total. The van der Waals surface area contributed by atoms with Crippen molar-refractivity contribution >= 4 is 17.8 Å². The molecule has 0 fully saturated rings. The van der Waals surface area contributed by atoms with Crippen LogP contribution < -0.4 is 20.1 Å². The van der Waals surface area contributed by atoms with E-state index in [2.05, 4.69) is 10.6 Å². The molecule has 0 saturated heterocycles. The summed E-state index contributed by atoms with van der Waals surface area (Å²) < 4.78 is 15.3. The van der Waals surface area contributed by atoms with Crippen LogP contribution in [0.4, 0.5) is 0 Å². The predicted molar refractivity (Wildman–Crippen MR) is 83.5 cm³/mol. The summed E-state index contributed by atoms with van der Waals surface area (Å²) in [5.41, 5.74) is 0.796. The number of nitrogens with one attached hydrogen (secondary N) is 2. The van der Waals surface area contributed by atoms with Gasteiger partial charge in [-0.15, -0.1) is 0 Å². The number of fused-ring (bicyclic) bond motifs is 1. The number of ether oxygens (including phenoxy) is 3. The van der Waals surface area contributed by atoms with Crippen LogP contribution >= 0.6 is 0 Å². The summed E-state index contributed by atoms with van der Waals surface area (Å²) in [6, 6.07) is 4.49. The molecule has 1 aromatic carbocycles. The average molecular weight is 336 g/mol. The molecule has 2 amide bonds. The van der Waals surface area contributed by atoms with Gasteiger partial charge in [0.15, 0.2) is 11.5 Å². The zero-order valence-corrected chi connectivity index (χ0v) is 13.6. The van der Waals surface area contributed by atoms with Crippen LogP contribution in [-0.2, 0) is 25.5 Å². The monoisotopic (exact) mass is 336 g/mol. The Morgan fingerprint density at radius 3 is 2.71 bits per heavy atom. The first-order valence-electron chi connectivity index (χ1n) is 7.58. The van der Waals surface area contributed by atoms with Crippen molar-refractivity contribution in [2.75, 3.05) is 19.9 Å². The Kier molecular flexibility index (Phi) is 6.00. The molecule has 1 aromatic rings. The maximum atomic E-state index is 12.2. The fourth-order valence-electron chi connectivity index (χ4n) is 2.25. The van der Waals surface area contributed by atoms with Gasteiger partial charge in [-0.1, -0.05) is 6.07 Å². The topological polar surface area (TPSA) is 103 Å². The van der Waals surface area contributed by atoms with Crippen LogP contribution in [0, 0.1) is 0 Å². The number of amides is 2. The van der Waals surface area contributed by atoms with Crippen molar-refractivity contribution in [1.29, 1.82) is 0 Å². The van der Waals surface area contributed by atoms with E-state index in [-0.39, 0.29) is 32.3 Å². The zero-order chi connectivity index (χ0) is 17.5. The van der Waals surface area contributed by atoms with Crippen LogP contribution in [0.1, 0.15) is 19.4 Å². The highest BCUT2D eigenvalue weighted by atomic mass is 16.7. The Hall–Kier alpha value is -2.77. The smallest absolute Gasteiger partial charge is 0.325 e. The molecule has 2 rings (SSSR count). The lowest BCUT2D eigenvalue weighted by atomic mass is 10.0. The minimum Gasteiger partial charge on any atom is -0.465 e. The first kappa shape index (κ1) is 17.6. The van der Waals surface area contributed by atoms with Gasteiger partial charge >= 0.3 is 5.97 Å². The molecular formula is C16H20N2O6. The summed E-state index contributed by atoms with van der Waals surface area (Å²) in [5.74, 6) is -0.0963. The Balaban J connectivity index is 2.00. The highest BCUT2D eigenvalue weighted by Crippen LogP contribution is 2.32. The molecule has 0 aliphatic carbocycles. The standard InChI is InChI=1S/C16H20N2O6/c1-3-22-15(20)8-17-16(21)12(18-10(2)19)6-11-4-5-13-14(7-11)24-9-23-13/h4-5,7,12H,3,6,8-9H2,1-2H3,(H,17,21)(H,18,19). The maximum Gasteiger partial charge on any atom is 0.325 e. The molecule has 8 heteroatoms. The zero-order valence-electron chi connectivity index (χ0n) is 13.6. The van der Waals surface area contributed by atoms with Gasteiger partial charge in [0.25, 0.3) is 0 Å². The highest BCUT2D eigenvalue weighted by Gasteiger charge is 2.22. The Labute approximate surface area is 139 Å². The van der Waals surface area contributed by atoms with E-state index in [1.165, 1.54) is 6.92 Å². The third-order valence-electron chi connectivity index (χ3n) is 3.28. The third-order valence-corrected chi connectivity index (χ3v) is 3.28. The highest BCUT2D eigenvalue weighted by molar-refractivity contribution is 5.89. The van der Waals surface area contributed by atoms with Crippen molar-refractivity contribution in [2.45, 2.75) is 26.3 Å². The predicted octanol–water partition coefficient (Wildman–Crippen LogP) is 0.142. The van der Waals surface area contributed by atoms with Gasteiger partial charge in [0, 0.05) is 13.3 Å². The number of esters is 1. The summed E-state index contributed by atoms with van der Waals surface area (Å²) in [4.78, 5) is 34.9. The van der Waals surface area contributed by atoms with Gasteiger partial charge in [0.1, 0.15) is 12.6 Å². The Bertz CT molecular complexity index is 631. The lowest BCUT2D eigenvalue weighted by molar-refractivity contribution is -0.143. The molecule has 130 valence electrons. The SMILES string of the molecule is CCOC(=O)CNC(=O)C(Cc1ccc2c(c1)OCO2)NC(C)=O. The van der Waals surface area contributed by atoms with E-state index < -0.39 is 17.9 Å². The normalized spacial score (nSPS) is 13.1. The van der Waals surface area contributed by atoms with Gasteiger partial charge in [-0.2, -0.15) is 0 Å². The minimum atomic E-state index is -0.808. The van der Waals surface area contributed by atoms with Crippen LogP contribution in [0.5, 0.6) is 11.5 Å². The van der Waals surface area contributed by atoms with Gasteiger partial charge in [0.2, 0.25) is 18.6 Å². The fourth-order valence-corrected chi connectivity index (χ4v) is 2.25. The molecule has 2 N–H and O–H groups in total. The van der Waals surface area contributed by atoms with E-state index in [1.54, 1.807) is 25.1 Å². The molecule has 24 heavy (non-hydrogen) atoms. The second-order valence-electron chi connectivity index (χ2n) is 5.17. The van der Waals surface area contributed by atoms with Gasteiger partial charge in [-0.25, -0.2) is 0 Å². The Morgan fingerprint density at radius 2 is 2.00 bits per heavy atom. The number of hydrogen-bond donors (Lipinski definition) is 2. The van der Waals surface area contributed by atoms with E-state index >= 15 is 0 Å². The summed E-state index contributed by atoms with van der Waals surface area (Å²) in [6.45, 7) is 3.16. The van der Waals surface area contributed by atoms with E-state index in [4.69, 9.17) is 14.2 Å². The van der Waals surface area contributed by atoms with E-state index in [1.807, 2.05) is 0 Å². The summed E-state index contributed by atoms with van der Waals surface area (Å²) in [6.07, 6.45) is 0.255. The average Bonchev–Trinajstić information content (AvgIpc) is 2.99. The molecule has 1 aliphatic rings. The van der Waals surface area contributed by atoms with E-state index in [9.17, 15) is 14.4 Å². The van der Waals surface area contributed by atoms with Crippen molar-refractivity contribution < 1.29 is 28.6 Å². The molecule has 0 saturated carbocycles. The van der Waals surface area contributed by atoms with Crippen LogP contribution in [0.15, 0.2) is 18.2 Å². The second-order valence-corrected chi connectivity index (χ2v) is 5.17. The van der Waals surface area contributed by atoms with E-state index in [0.29, 0.717) is 11.5 Å². The van der Waals surface area contributed by atoms with Crippen LogP contribution in [-0.4, -0.2) is 43.8 Å². The molecular weight excluding hydrogens is 316 g/mol. The molecule has 1 heterocycles.